The van der Waals surface area contributed by atoms with Gasteiger partial charge in [0.15, 0.2) is 0 Å². The zero-order valence-electron chi connectivity index (χ0n) is 8.59. The average molecular weight is 197 g/mol. The van der Waals surface area contributed by atoms with Gasteiger partial charge >= 0.3 is 0 Å². The van der Waals surface area contributed by atoms with Crippen LogP contribution in [-0.2, 0) is 4.79 Å². The van der Waals surface area contributed by atoms with Crippen LogP contribution in [0.25, 0.3) is 0 Å². The standard InChI is InChI=1S/C10H19N3O/c14-10-9(1-3-12-10)2-6-13-7-4-11-5-8-13/h9,11H,1-8H2,(H,12,14). The van der Waals surface area contributed by atoms with Crippen molar-refractivity contribution in [3.63, 3.8) is 0 Å². The molecule has 4 nitrogen and oxygen atoms in total. The lowest BCUT2D eigenvalue weighted by atomic mass is 10.0. The van der Waals surface area contributed by atoms with E-state index >= 15 is 0 Å². The number of piperazine rings is 1. The molecule has 4 heteroatoms. The average Bonchev–Trinajstić information content (AvgIpc) is 2.63. The topological polar surface area (TPSA) is 44.4 Å². The maximum atomic E-state index is 11.3. The lowest BCUT2D eigenvalue weighted by molar-refractivity contribution is -0.122. The summed E-state index contributed by atoms with van der Waals surface area (Å²) in [4.78, 5) is 13.8. The van der Waals surface area contributed by atoms with Gasteiger partial charge in [0.05, 0.1) is 0 Å². The van der Waals surface area contributed by atoms with Crippen molar-refractivity contribution < 1.29 is 4.79 Å². The highest BCUT2D eigenvalue weighted by atomic mass is 16.2. The van der Waals surface area contributed by atoms with E-state index in [9.17, 15) is 4.79 Å². The lowest BCUT2D eigenvalue weighted by Gasteiger charge is -2.27. The van der Waals surface area contributed by atoms with Crippen molar-refractivity contribution in [2.24, 2.45) is 5.92 Å². The van der Waals surface area contributed by atoms with Gasteiger partial charge in [-0.05, 0) is 19.4 Å². The van der Waals surface area contributed by atoms with E-state index in [0.29, 0.717) is 0 Å². The smallest absolute Gasteiger partial charge is 0.223 e. The Kier molecular flexibility index (Phi) is 3.37. The molecule has 80 valence electrons. The quantitative estimate of drug-likeness (QED) is 0.636. The molecule has 0 aromatic carbocycles. The SMILES string of the molecule is O=C1NCCC1CCN1CCNCC1. The first kappa shape index (κ1) is 9.93. The molecule has 1 amide bonds. The van der Waals surface area contributed by atoms with Gasteiger partial charge in [-0.15, -0.1) is 0 Å². The molecule has 0 saturated carbocycles. The minimum absolute atomic E-state index is 0.264. The molecule has 0 aromatic heterocycles. The largest absolute Gasteiger partial charge is 0.356 e. The monoisotopic (exact) mass is 197 g/mol. The van der Waals surface area contributed by atoms with E-state index in [1.165, 1.54) is 0 Å². The molecule has 0 bridgehead atoms. The first-order chi connectivity index (χ1) is 6.86. The van der Waals surface area contributed by atoms with E-state index in [2.05, 4.69) is 15.5 Å². The highest BCUT2D eigenvalue weighted by molar-refractivity contribution is 5.80. The third-order valence-corrected chi connectivity index (χ3v) is 3.17. The molecular formula is C10H19N3O. The third kappa shape index (κ3) is 2.45. The number of hydrogen-bond donors (Lipinski definition) is 2. The summed E-state index contributed by atoms with van der Waals surface area (Å²) < 4.78 is 0. The predicted octanol–water partition coefficient (Wildman–Crippen LogP) is -0.582. The van der Waals surface area contributed by atoms with E-state index in [1.54, 1.807) is 0 Å². The fraction of sp³-hybridized carbons (Fsp3) is 0.900. The number of hydrogen-bond acceptors (Lipinski definition) is 3. The van der Waals surface area contributed by atoms with Gasteiger partial charge in [0.1, 0.15) is 0 Å². The van der Waals surface area contributed by atoms with E-state index in [4.69, 9.17) is 0 Å². The van der Waals surface area contributed by atoms with Crippen molar-refractivity contribution in [3.8, 4) is 0 Å². The molecule has 2 heterocycles. The Balaban J connectivity index is 1.68. The molecule has 0 aliphatic carbocycles. The zero-order chi connectivity index (χ0) is 9.80. The molecule has 2 aliphatic rings. The second-order valence-electron chi connectivity index (χ2n) is 4.16. The van der Waals surface area contributed by atoms with E-state index < -0.39 is 0 Å². The van der Waals surface area contributed by atoms with Crippen LogP contribution in [0, 0.1) is 5.92 Å². The van der Waals surface area contributed by atoms with Gasteiger partial charge in [0.25, 0.3) is 0 Å². The van der Waals surface area contributed by atoms with Gasteiger partial charge in [-0.25, -0.2) is 0 Å². The summed E-state index contributed by atoms with van der Waals surface area (Å²) in [7, 11) is 0. The Morgan fingerprint density at radius 1 is 1.29 bits per heavy atom. The van der Waals surface area contributed by atoms with Crippen LogP contribution >= 0.6 is 0 Å². The number of nitrogens with one attached hydrogen (secondary N) is 2. The van der Waals surface area contributed by atoms with E-state index in [-0.39, 0.29) is 11.8 Å². The maximum absolute atomic E-state index is 11.3. The molecule has 1 unspecified atom stereocenters. The molecule has 2 saturated heterocycles. The Labute approximate surface area is 85.0 Å². The fourth-order valence-electron chi connectivity index (χ4n) is 2.19. The van der Waals surface area contributed by atoms with Gasteiger partial charge in [0.2, 0.25) is 5.91 Å². The van der Waals surface area contributed by atoms with Crippen molar-refractivity contribution in [2.75, 3.05) is 39.3 Å². The summed E-state index contributed by atoms with van der Waals surface area (Å²) in [6.45, 7) is 6.42. The Morgan fingerprint density at radius 3 is 2.71 bits per heavy atom. The van der Waals surface area contributed by atoms with Crippen LogP contribution in [0.5, 0.6) is 0 Å². The van der Waals surface area contributed by atoms with Gasteiger partial charge in [-0.1, -0.05) is 0 Å². The third-order valence-electron chi connectivity index (χ3n) is 3.17. The van der Waals surface area contributed by atoms with E-state index in [0.717, 1.165) is 52.1 Å². The molecule has 14 heavy (non-hydrogen) atoms. The summed E-state index contributed by atoms with van der Waals surface area (Å²) in [6, 6.07) is 0. The molecule has 2 fully saturated rings. The molecule has 2 aliphatic heterocycles. The summed E-state index contributed by atoms with van der Waals surface area (Å²) in [6.07, 6.45) is 2.07. The Bertz CT molecular complexity index is 202. The van der Waals surface area contributed by atoms with Crippen molar-refractivity contribution in [1.82, 2.24) is 15.5 Å². The minimum Gasteiger partial charge on any atom is -0.356 e. The Hall–Kier alpha value is -0.610. The van der Waals surface area contributed by atoms with Crippen LogP contribution in [0.4, 0.5) is 0 Å². The first-order valence-electron chi connectivity index (χ1n) is 5.57. The van der Waals surface area contributed by atoms with Crippen molar-refractivity contribution in [2.45, 2.75) is 12.8 Å². The predicted molar refractivity (Wildman–Crippen MR) is 55.0 cm³/mol. The number of rotatable bonds is 3. The summed E-state index contributed by atoms with van der Waals surface area (Å²) in [5.74, 6) is 0.546. The van der Waals surface area contributed by atoms with Gasteiger partial charge in [0, 0.05) is 38.6 Å². The van der Waals surface area contributed by atoms with Gasteiger partial charge in [-0.2, -0.15) is 0 Å². The number of carbonyl (C=O) groups is 1. The van der Waals surface area contributed by atoms with Crippen molar-refractivity contribution in [1.29, 1.82) is 0 Å². The van der Waals surface area contributed by atoms with Crippen LogP contribution in [-0.4, -0.2) is 50.1 Å². The normalized spacial score (nSPS) is 29.1. The van der Waals surface area contributed by atoms with Gasteiger partial charge in [-0.3, -0.25) is 4.79 Å². The second kappa shape index (κ2) is 4.75. The second-order valence-corrected chi connectivity index (χ2v) is 4.16. The highest BCUT2D eigenvalue weighted by Crippen LogP contribution is 2.14. The van der Waals surface area contributed by atoms with Crippen molar-refractivity contribution >= 4 is 5.91 Å². The van der Waals surface area contributed by atoms with E-state index in [1.807, 2.05) is 0 Å². The number of amides is 1. The first-order valence-corrected chi connectivity index (χ1v) is 5.57. The highest BCUT2D eigenvalue weighted by Gasteiger charge is 2.24. The van der Waals surface area contributed by atoms with Crippen molar-refractivity contribution in [3.05, 3.63) is 0 Å². The minimum atomic E-state index is 0.264. The summed E-state index contributed by atoms with van der Waals surface area (Å²) in [5.41, 5.74) is 0. The molecule has 0 radical (unpaired) electrons. The number of carbonyl (C=O) groups excluding carboxylic acids is 1. The Morgan fingerprint density at radius 2 is 2.07 bits per heavy atom. The summed E-state index contributed by atoms with van der Waals surface area (Å²) in [5, 5.41) is 6.22. The molecule has 0 aromatic rings. The van der Waals surface area contributed by atoms with Crippen LogP contribution in [0.1, 0.15) is 12.8 Å². The van der Waals surface area contributed by atoms with Crippen LogP contribution in [0.3, 0.4) is 0 Å². The zero-order valence-corrected chi connectivity index (χ0v) is 8.59. The molecule has 1 atom stereocenters. The van der Waals surface area contributed by atoms with Gasteiger partial charge < -0.3 is 15.5 Å². The molecule has 2 rings (SSSR count). The molecule has 2 N–H and O–H groups in total. The summed E-state index contributed by atoms with van der Waals surface area (Å²) >= 11 is 0. The molecular weight excluding hydrogens is 178 g/mol. The maximum Gasteiger partial charge on any atom is 0.223 e. The number of nitrogens with zero attached hydrogens (tertiary/aromatic N) is 1. The molecule has 0 spiro atoms. The van der Waals surface area contributed by atoms with Crippen LogP contribution in [0.15, 0.2) is 0 Å². The van der Waals surface area contributed by atoms with Crippen LogP contribution < -0.4 is 10.6 Å². The fourth-order valence-corrected chi connectivity index (χ4v) is 2.19. The lowest BCUT2D eigenvalue weighted by Crippen LogP contribution is -2.44. The van der Waals surface area contributed by atoms with Crippen LogP contribution in [0.2, 0.25) is 0 Å².